The lowest BCUT2D eigenvalue weighted by atomic mass is 10.1. The van der Waals surface area contributed by atoms with Crippen LogP contribution < -0.4 is 4.90 Å². The Bertz CT molecular complexity index is 477. The first-order valence-corrected chi connectivity index (χ1v) is 6.24. The van der Waals surface area contributed by atoms with E-state index in [9.17, 15) is 9.90 Å². The molecule has 2 bridgehead atoms. The fourth-order valence-electron chi connectivity index (χ4n) is 2.78. The number of morpholine rings is 1. The van der Waals surface area contributed by atoms with E-state index in [0.717, 1.165) is 37.3 Å². The summed E-state index contributed by atoms with van der Waals surface area (Å²) in [5.41, 5.74) is 1.89. The normalized spacial score (nSPS) is 26.4. The molecular formula is C13H16N2O3. The van der Waals surface area contributed by atoms with Crippen molar-refractivity contribution in [3.05, 3.63) is 23.5 Å². The van der Waals surface area contributed by atoms with Crippen molar-refractivity contribution >= 4 is 11.7 Å². The van der Waals surface area contributed by atoms with E-state index in [4.69, 9.17) is 4.74 Å². The highest BCUT2D eigenvalue weighted by molar-refractivity contribution is 5.94. The van der Waals surface area contributed by atoms with E-state index >= 15 is 0 Å². The van der Waals surface area contributed by atoms with Crippen molar-refractivity contribution in [3.63, 3.8) is 0 Å². The minimum atomic E-state index is -0.920. The predicted octanol–water partition coefficient (Wildman–Crippen LogP) is 1.46. The number of fused-ring (bicyclic) bond motifs is 2. The van der Waals surface area contributed by atoms with Crippen molar-refractivity contribution < 1.29 is 14.6 Å². The molecule has 0 saturated carbocycles. The number of hydrogen-bond acceptors (Lipinski definition) is 4. The Kier molecular flexibility index (Phi) is 2.70. The summed E-state index contributed by atoms with van der Waals surface area (Å²) in [6.45, 7) is 3.44. The average molecular weight is 248 g/mol. The monoisotopic (exact) mass is 248 g/mol. The zero-order valence-corrected chi connectivity index (χ0v) is 10.3. The van der Waals surface area contributed by atoms with E-state index in [1.54, 1.807) is 0 Å². The topological polar surface area (TPSA) is 62.7 Å². The van der Waals surface area contributed by atoms with Crippen LogP contribution in [0.3, 0.4) is 0 Å². The number of carboxylic acids is 1. The summed E-state index contributed by atoms with van der Waals surface area (Å²) in [6.07, 6.45) is 4.10. The number of aromatic nitrogens is 1. The summed E-state index contributed by atoms with van der Waals surface area (Å²) in [5.74, 6) is -0.920. The molecule has 0 spiro atoms. The highest BCUT2D eigenvalue weighted by atomic mass is 16.5. The molecule has 2 aliphatic rings. The van der Waals surface area contributed by atoms with Crippen LogP contribution in [0.25, 0.3) is 0 Å². The van der Waals surface area contributed by atoms with Gasteiger partial charge < -0.3 is 14.7 Å². The van der Waals surface area contributed by atoms with Crippen LogP contribution in [-0.2, 0) is 4.74 Å². The van der Waals surface area contributed by atoms with E-state index in [2.05, 4.69) is 9.88 Å². The lowest BCUT2D eigenvalue weighted by molar-refractivity contribution is 0.0303. The Morgan fingerprint density at radius 3 is 2.72 bits per heavy atom. The summed E-state index contributed by atoms with van der Waals surface area (Å²) >= 11 is 0. The van der Waals surface area contributed by atoms with Crippen molar-refractivity contribution in [1.29, 1.82) is 0 Å². The molecule has 2 atom stereocenters. The largest absolute Gasteiger partial charge is 0.478 e. The number of rotatable bonds is 2. The molecular weight excluding hydrogens is 232 g/mol. The van der Waals surface area contributed by atoms with Gasteiger partial charge in [-0.05, 0) is 25.8 Å². The third-order valence-corrected chi connectivity index (χ3v) is 3.63. The number of ether oxygens (including phenoxy) is 1. The van der Waals surface area contributed by atoms with Gasteiger partial charge in [-0.25, -0.2) is 4.79 Å². The molecule has 2 unspecified atom stereocenters. The highest BCUT2D eigenvalue weighted by Crippen LogP contribution is 2.31. The minimum Gasteiger partial charge on any atom is -0.478 e. The number of aromatic carboxylic acids is 1. The van der Waals surface area contributed by atoms with Gasteiger partial charge in [-0.2, -0.15) is 0 Å². The molecule has 1 aromatic heterocycles. The lowest BCUT2D eigenvalue weighted by Gasteiger charge is -2.34. The Balaban J connectivity index is 1.95. The second-order valence-electron chi connectivity index (χ2n) is 5.01. The molecule has 0 radical (unpaired) electrons. The van der Waals surface area contributed by atoms with Crippen molar-refractivity contribution in [1.82, 2.24) is 4.98 Å². The molecule has 0 amide bonds. The highest BCUT2D eigenvalue weighted by Gasteiger charge is 2.35. The van der Waals surface area contributed by atoms with E-state index in [0.29, 0.717) is 0 Å². The number of carboxylic acid groups (broad SMARTS) is 1. The van der Waals surface area contributed by atoms with Crippen LogP contribution in [0.15, 0.2) is 12.3 Å². The van der Waals surface area contributed by atoms with Crippen LogP contribution in [0.5, 0.6) is 0 Å². The zero-order valence-electron chi connectivity index (χ0n) is 10.3. The van der Waals surface area contributed by atoms with Crippen molar-refractivity contribution in [2.45, 2.75) is 32.0 Å². The standard InChI is InChI=1S/C13H16N2O3/c1-8-4-12(11(5-14-8)13(16)17)15-6-9-2-3-10(7-15)18-9/h4-5,9-10H,2-3,6-7H2,1H3,(H,16,17). The van der Waals surface area contributed by atoms with Gasteiger partial charge in [0.15, 0.2) is 0 Å². The first-order chi connectivity index (χ1) is 8.63. The number of nitrogens with zero attached hydrogens (tertiary/aromatic N) is 2. The van der Waals surface area contributed by atoms with E-state index < -0.39 is 5.97 Å². The average Bonchev–Trinajstić information content (AvgIpc) is 2.67. The molecule has 3 rings (SSSR count). The van der Waals surface area contributed by atoms with Crippen LogP contribution in [0.1, 0.15) is 28.9 Å². The summed E-state index contributed by atoms with van der Waals surface area (Å²) in [4.78, 5) is 17.5. The molecule has 2 fully saturated rings. The fourth-order valence-corrected chi connectivity index (χ4v) is 2.78. The molecule has 2 saturated heterocycles. The third-order valence-electron chi connectivity index (χ3n) is 3.63. The Labute approximate surface area is 105 Å². The summed E-state index contributed by atoms with van der Waals surface area (Å²) < 4.78 is 5.77. The number of pyridine rings is 1. The smallest absolute Gasteiger partial charge is 0.339 e. The van der Waals surface area contributed by atoms with Gasteiger partial charge >= 0.3 is 5.97 Å². The van der Waals surface area contributed by atoms with Crippen LogP contribution in [-0.4, -0.2) is 41.4 Å². The maximum Gasteiger partial charge on any atom is 0.339 e. The van der Waals surface area contributed by atoms with Gasteiger partial charge in [-0.3, -0.25) is 4.98 Å². The molecule has 0 aromatic carbocycles. The van der Waals surface area contributed by atoms with Gasteiger partial charge in [0.1, 0.15) is 5.56 Å². The van der Waals surface area contributed by atoms with Crippen molar-refractivity contribution in [2.24, 2.45) is 0 Å². The molecule has 5 heteroatoms. The third kappa shape index (κ3) is 1.95. The van der Waals surface area contributed by atoms with Gasteiger partial charge in [-0.15, -0.1) is 0 Å². The molecule has 1 aromatic rings. The van der Waals surface area contributed by atoms with Crippen molar-refractivity contribution in [2.75, 3.05) is 18.0 Å². The van der Waals surface area contributed by atoms with Gasteiger partial charge in [-0.1, -0.05) is 0 Å². The van der Waals surface area contributed by atoms with E-state index in [1.807, 2.05) is 13.0 Å². The maximum atomic E-state index is 11.3. The number of aryl methyl sites for hydroxylation is 1. The van der Waals surface area contributed by atoms with Gasteiger partial charge in [0.05, 0.1) is 17.9 Å². The molecule has 96 valence electrons. The van der Waals surface area contributed by atoms with Gasteiger partial charge in [0.25, 0.3) is 0 Å². The van der Waals surface area contributed by atoms with Crippen LogP contribution in [0.4, 0.5) is 5.69 Å². The quantitative estimate of drug-likeness (QED) is 0.858. The first-order valence-electron chi connectivity index (χ1n) is 6.24. The molecule has 18 heavy (non-hydrogen) atoms. The van der Waals surface area contributed by atoms with Crippen LogP contribution >= 0.6 is 0 Å². The Morgan fingerprint density at radius 2 is 2.11 bits per heavy atom. The maximum absolute atomic E-state index is 11.3. The molecule has 3 heterocycles. The van der Waals surface area contributed by atoms with E-state index in [1.165, 1.54) is 6.20 Å². The second-order valence-corrected chi connectivity index (χ2v) is 5.01. The minimum absolute atomic E-state index is 0.249. The zero-order chi connectivity index (χ0) is 12.7. The number of hydrogen-bond donors (Lipinski definition) is 1. The molecule has 1 N–H and O–H groups in total. The predicted molar refractivity (Wildman–Crippen MR) is 66.0 cm³/mol. The Hall–Kier alpha value is -1.62. The summed E-state index contributed by atoms with van der Waals surface area (Å²) in [6, 6.07) is 1.86. The van der Waals surface area contributed by atoms with Gasteiger partial charge in [0, 0.05) is 25.0 Å². The fraction of sp³-hybridized carbons (Fsp3) is 0.538. The molecule has 2 aliphatic heterocycles. The second kappa shape index (κ2) is 4.24. The number of carbonyl (C=O) groups is 1. The van der Waals surface area contributed by atoms with Crippen molar-refractivity contribution in [3.8, 4) is 0 Å². The molecule has 0 aliphatic carbocycles. The summed E-state index contributed by atoms with van der Waals surface area (Å²) in [5, 5.41) is 9.24. The van der Waals surface area contributed by atoms with Crippen LogP contribution in [0.2, 0.25) is 0 Å². The van der Waals surface area contributed by atoms with Crippen LogP contribution in [0, 0.1) is 6.92 Å². The lowest BCUT2D eigenvalue weighted by Crippen LogP contribution is -2.43. The Morgan fingerprint density at radius 1 is 1.44 bits per heavy atom. The number of anilines is 1. The van der Waals surface area contributed by atoms with Gasteiger partial charge in [0.2, 0.25) is 0 Å². The SMILES string of the molecule is Cc1cc(N2CC3CCC(C2)O3)c(C(=O)O)cn1. The first kappa shape index (κ1) is 11.5. The summed E-state index contributed by atoms with van der Waals surface area (Å²) in [7, 11) is 0. The molecule has 5 nitrogen and oxygen atoms in total. The van der Waals surface area contributed by atoms with E-state index in [-0.39, 0.29) is 17.8 Å².